The summed E-state index contributed by atoms with van der Waals surface area (Å²) in [6.07, 6.45) is -5.56. The van der Waals surface area contributed by atoms with Gasteiger partial charge in [-0.15, -0.1) is 0 Å². The van der Waals surface area contributed by atoms with Crippen LogP contribution in [0.1, 0.15) is 20.8 Å². The second kappa shape index (κ2) is 5.73. The molecule has 0 aromatic carbocycles. The molecule has 0 radical (unpaired) electrons. The zero-order valence-electron chi connectivity index (χ0n) is 9.94. The quantitative estimate of drug-likeness (QED) is 0.595. The first-order valence-electron chi connectivity index (χ1n) is 5.05. The topological polar surface area (TPSA) is 9.23 Å². The lowest BCUT2D eigenvalue weighted by Crippen LogP contribution is -2.41. The molecule has 0 bridgehead atoms. The zero-order valence-corrected chi connectivity index (χ0v) is 10.8. The van der Waals surface area contributed by atoms with Gasteiger partial charge in [-0.1, -0.05) is 20.8 Å². The largest absolute Gasteiger partial charge is 0.455 e. The number of ether oxygens (including phenoxy) is 1. The van der Waals surface area contributed by atoms with Crippen molar-refractivity contribution in [2.24, 2.45) is 11.3 Å². The highest BCUT2D eigenvalue weighted by molar-refractivity contribution is 7.80. The number of alkyl halides is 5. The summed E-state index contributed by atoms with van der Waals surface area (Å²) in [7, 11) is 0. The van der Waals surface area contributed by atoms with Gasteiger partial charge in [0.05, 0.1) is 6.61 Å². The average Bonchev–Trinajstić information content (AvgIpc) is 2.08. The molecule has 0 aromatic rings. The first-order valence-corrected chi connectivity index (χ1v) is 5.68. The van der Waals surface area contributed by atoms with Crippen LogP contribution in [0.4, 0.5) is 22.0 Å². The van der Waals surface area contributed by atoms with Gasteiger partial charge in [-0.2, -0.15) is 34.6 Å². The summed E-state index contributed by atoms with van der Waals surface area (Å²) in [5.41, 5.74) is -0.255. The van der Waals surface area contributed by atoms with Gasteiger partial charge in [0.1, 0.15) is 6.61 Å². The lowest BCUT2D eigenvalue weighted by atomic mass is 9.82. The van der Waals surface area contributed by atoms with E-state index in [4.69, 9.17) is 0 Å². The number of hydrogen-bond donors (Lipinski definition) is 1. The smallest absolute Gasteiger partial charge is 0.374 e. The highest BCUT2D eigenvalue weighted by Crippen LogP contribution is 2.36. The van der Waals surface area contributed by atoms with Gasteiger partial charge in [-0.05, 0) is 17.1 Å². The van der Waals surface area contributed by atoms with Gasteiger partial charge >= 0.3 is 12.1 Å². The third-order valence-corrected chi connectivity index (χ3v) is 2.90. The molecule has 0 saturated carbocycles. The van der Waals surface area contributed by atoms with Crippen molar-refractivity contribution < 1.29 is 26.7 Å². The lowest BCUT2D eigenvalue weighted by Gasteiger charge is -2.30. The van der Waals surface area contributed by atoms with Crippen molar-refractivity contribution in [2.45, 2.75) is 32.9 Å². The minimum atomic E-state index is -5.56. The Bertz CT molecular complexity index is 234. The fourth-order valence-electron chi connectivity index (χ4n) is 0.988. The number of halogens is 5. The Balaban J connectivity index is 4.24. The molecule has 0 amide bonds. The molecule has 0 N–H and O–H groups in total. The van der Waals surface area contributed by atoms with Crippen molar-refractivity contribution in [1.82, 2.24) is 0 Å². The van der Waals surface area contributed by atoms with Gasteiger partial charge < -0.3 is 4.74 Å². The summed E-state index contributed by atoms with van der Waals surface area (Å²) in [6, 6.07) is 0. The Morgan fingerprint density at radius 1 is 1.06 bits per heavy atom. The van der Waals surface area contributed by atoms with E-state index in [0.29, 0.717) is 5.75 Å². The highest BCUT2D eigenvalue weighted by Gasteiger charge is 2.57. The minimum absolute atomic E-state index is 0.168. The monoisotopic (exact) mass is 280 g/mol. The van der Waals surface area contributed by atoms with E-state index in [1.54, 1.807) is 0 Å². The Labute approximate surface area is 103 Å². The van der Waals surface area contributed by atoms with Crippen molar-refractivity contribution in [1.29, 1.82) is 0 Å². The minimum Gasteiger partial charge on any atom is -0.374 e. The Kier molecular flexibility index (Phi) is 5.72. The SMILES string of the molecule is CC(C)(C)C(CS)COCC(F)(F)C(F)(F)F. The van der Waals surface area contributed by atoms with E-state index < -0.39 is 18.7 Å². The molecule has 0 fully saturated rings. The van der Waals surface area contributed by atoms with Crippen LogP contribution in [0.15, 0.2) is 0 Å². The molecule has 0 aromatic heterocycles. The van der Waals surface area contributed by atoms with Crippen LogP contribution in [0.3, 0.4) is 0 Å². The van der Waals surface area contributed by atoms with Crippen molar-refractivity contribution in [3.8, 4) is 0 Å². The van der Waals surface area contributed by atoms with Crippen molar-refractivity contribution in [3.63, 3.8) is 0 Å². The van der Waals surface area contributed by atoms with Crippen LogP contribution < -0.4 is 0 Å². The van der Waals surface area contributed by atoms with Gasteiger partial charge in [0.15, 0.2) is 0 Å². The number of hydrogen-bond acceptors (Lipinski definition) is 2. The summed E-state index contributed by atoms with van der Waals surface area (Å²) in [5, 5.41) is 0. The van der Waals surface area contributed by atoms with Crippen LogP contribution in [0.25, 0.3) is 0 Å². The van der Waals surface area contributed by atoms with Crippen molar-refractivity contribution in [3.05, 3.63) is 0 Å². The fraction of sp³-hybridized carbons (Fsp3) is 1.00. The van der Waals surface area contributed by atoms with Gasteiger partial charge in [0, 0.05) is 0 Å². The molecule has 0 spiro atoms. The second-order valence-corrected chi connectivity index (χ2v) is 5.33. The normalized spacial score (nSPS) is 16.1. The Morgan fingerprint density at radius 3 is 1.82 bits per heavy atom. The first-order chi connectivity index (χ1) is 7.42. The van der Waals surface area contributed by atoms with E-state index in [1.807, 2.05) is 20.8 Å². The van der Waals surface area contributed by atoms with E-state index in [2.05, 4.69) is 17.4 Å². The van der Waals surface area contributed by atoms with Crippen LogP contribution in [-0.2, 0) is 4.74 Å². The molecule has 17 heavy (non-hydrogen) atoms. The summed E-state index contributed by atoms with van der Waals surface area (Å²) in [5.74, 6) is -4.62. The number of rotatable bonds is 5. The standard InChI is InChI=1S/C10H17F5OS/c1-8(2,3)7(5-17)4-16-6-9(11,12)10(13,14)15/h7,17H,4-6H2,1-3H3. The maximum atomic E-state index is 12.5. The Morgan fingerprint density at radius 2 is 1.53 bits per heavy atom. The van der Waals surface area contributed by atoms with Crippen LogP contribution in [0, 0.1) is 11.3 Å². The molecule has 1 nitrogen and oxygen atoms in total. The summed E-state index contributed by atoms with van der Waals surface area (Å²) < 4.78 is 65.0. The molecule has 0 rings (SSSR count). The van der Waals surface area contributed by atoms with Crippen molar-refractivity contribution in [2.75, 3.05) is 19.0 Å². The maximum absolute atomic E-state index is 12.5. The molecular formula is C10H17F5OS. The van der Waals surface area contributed by atoms with Gasteiger partial charge in [0.25, 0.3) is 0 Å². The van der Waals surface area contributed by atoms with E-state index in [-0.39, 0.29) is 17.9 Å². The molecule has 7 heteroatoms. The maximum Gasteiger partial charge on any atom is 0.455 e. The van der Waals surface area contributed by atoms with Crippen LogP contribution in [0.2, 0.25) is 0 Å². The summed E-state index contributed by atoms with van der Waals surface area (Å²) >= 11 is 4.02. The zero-order chi connectivity index (χ0) is 13.9. The summed E-state index contributed by atoms with van der Waals surface area (Å²) in [6.45, 7) is 3.73. The molecular weight excluding hydrogens is 263 g/mol. The molecule has 1 atom stereocenters. The highest BCUT2D eigenvalue weighted by atomic mass is 32.1. The van der Waals surface area contributed by atoms with Gasteiger partial charge in [0.2, 0.25) is 0 Å². The fourth-order valence-corrected chi connectivity index (χ4v) is 1.64. The predicted molar refractivity (Wildman–Crippen MR) is 58.6 cm³/mol. The molecule has 1 unspecified atom stereocenters. The molecule has 0 heterocycles. The number of thiol groups is 1. The average molecular weight is 280 g/mol. The summed E-state index contributed by atoms with van der Waals surface area (Å²) in [4.78, 5) is 0. The third-order valence-electron chi connectivity index (χ3n) is 2.46. The van der Waals surface area contributed by atoms with Crippen LogP contribution in [-0.4, -0.2) is 31.1 Å². The predicted octanol–water partition coefficient (Wildman–Crippen LogP) is 3.79. The third kappa shape index (κ3) is 5.42. The molecule has 0 aliphatic carbocycles. The van der Waals surface area contributed by atoms with E-state index in [9.17, 15) is 22.0 Å². The van der Waals surface area contributed by atoms with E-state index in [0.717, 1.165) is 0 Å². The van der Waals surface area contributed by atoms with E-state index in [1.165, 1.54) is 0 Å². The van der Waals surface area contributed by atoms with Crippen LogP contribution in [0.5, 0.6) is 0 Å². The van der Waals surface area contributed by atoms with E-state index >= 15 is 0 Å². The molecule has 0 aliphatic rings. The van der Waals surface area contributed by atoms with Crippen molar-refractivity contribution >= 4 is 12.6 Å². The molecule has 104 valence electrons. The van der Waals surface area contributed by atoms with Crippen LogP contribution >= 0.6 is 12.6 Å². The Hall–Kier alpha value is -0.0400. The second-order valence-electron chi connectivity index (χ2n) is 4.96. The van der Waals surface area contributed by atoms with Gasteiger partial charge in [-0.3, -0.25) is 0 Å². The first kappa shape index (κ1) is 17.0. The lowest BCUT2D eigenvalue weighted by molar-refractivity contribution is -0.297. The van der Waals surface area contributed by atoms with Gasteiger partial charge in [-0.25, -0.2) is 0 Å². The molecule has 0 aliphatic heterocycles. The molecule has 0 saturated heterocycles.